The Bertz CT molecular complexity index is 604. The number of nitrogens with one attached hydrogen (secondary N) is 1. The van der Waals surface area contributed by atoms with Crippen molar-refractivity contribution in [2.24, 2.45) is 0 Å². The van der Waals surface area contributed by atoms with E-state index >= 15 is 0 Å². The molecule has 2 aromatic carbocycles. The number of phenolic OH excluding ortho intramolecular Hbond substituents is 1. The number of para-hydroxylation sites is 1. The molecule has 0 aliphatic heterocycles. The summed E-state index contributed by atoms with van der Waals surface area (Å²) in [5.74, 6) is 0.152. The number of anilines is 1. The predicted octanol–water partition coefficient (Wildman–Crippen LogP) is 4.20. The summed E-state index contributed by atoms with van der Waals surface area (Å²) in [6, 6.07) is 9.40. The van der Waals surface area contributed by atoms with Crippen LogP contribution in [0, 0.1) is 5.82 Å². The second-order valence-electron chi connectivity index (χ2n) is 4.17. The van der Waals surface area contributed by atoms with Gasteiger partial charge < -0.3 is 15.2 Å². The van der Waals surface area contributed by atoms with Crippen molar-refractivity contribution in [1.29, 1.82) is 0 Å². The first-order valence-corrected chi connectivity index (χ1v) is 6.62. The largest absolute Gasteiger partial charge is 0.504 e. The molecule has 2 N–H and O–H groups in total. The summed E-state index contributed by atoms with van der Waals surface area (Å²) in [6.45, 7) is 2.69. The van der Waals surface area contributed by atoms with Crippen molar-refractivity contribution >= 4 is 17.3 Å². The molecule has 2 rings (SSSR count). The van der Waals surface area contributed by atoms with E-state index in [1.807, 2.05) is 6.92 Å². The van der Waals surface area contributed by atoms with Crippen LogP contribution >= 0.6 is 11.6 Å². The molecule has 2 aromatic rings. The topological polar surface area (TPSA) is 41.5 Å². The number of hydrogen-bond acceptors (Lipinski definition) is 3. The van der Waals surface area contributed by atoms with Gasteiger partial charge in [-0.25, -0.2) is 4.39 Å². The zero-order chi connectivity index (χ0) is 14.5. The van der Waals surface area contributed by atoms with E-state index in [9.17, 15) is 9.50 Å². The van der Waals surface area contributed by atoms with Crippen molar-refractivity contribution in [2.75, 3.05) is 11.9 Å². The van der Waals surface area contributed by atoms with Gasteiger partial charge in [0.25, 0.3) is 0 Å². The van der Waals surface area contributed by atoms with Gasteiger partial charge in [0.05, 0.1) is 17.3 Å². The number of phenols is 1. The van der Waals surface area contributed by atoms with Crippen LogP contribution in [0.5, 0.6) is 11.5 Å². The van der Waals surface area contributed by atoms with Crippen LogP contribution in [0.1, 0.15) is 12.5 Å². The molecule has 0 fully saturated rings. The Morgan fingerprint density at radius 3 is 2.80 bits per heavy atom. The maximum atomic E-state index is 12.9. The molecule has 0 bridgehead atoms. The van der Waals surface area contributed by atoms with Crippen LogP contribution in [0.15, 0.2) is 36.4 Å². The Kier molecular flexibility index (Phi) is 4.69. The molecule has 0 saturated heterocycles. The first kappa shape index (κ1) is 14.5. The number of ether oxygens (including phenoxy) is 1. The molecule has 0 aliphatic carbocycles. The number of halogens is 2. The zero-order valence-electron chi connectivity index (χ0n) is 11.0. The molecular formula is C15H15ClFNO2. The van der Waals surface area contributed by atoms with Gasteiger partial charge in [-0.05, 0) is 31.2 Å². The maximum absolute atomic E-state index is 12.9. The molecule has 0 atom stereocenters. The van der Waals surface area contributed by atoms with Crippen LogP contribution in [0.4, 0.5) is 10.1 Å². The fourth-order valence-electron chi connectivity index (χ4n) is 1.81. The minimum Gasteiger partial charge on any atom is -0.504 e. The summed E-state index contributed by atoms with van der Waals surface area (Å²) in [4.78, 5) is 0. The average Bonchev–Trinajstić information content (AvgIpc) is 2.42. The molecule has 0 heterocycles. The first-order valence-electron chi connectivity index (χ1n) is 6.24. The molecule has 5 heteroatoms. The van der Waals surface area contributed by atoms with Crippen molar-refractivity contribution in [3.05, 3.63) is 52.8 Å². The lowest BCUT2D eigenvalue weighted by atomic mass is 10.2. The molecule has 0 saturated carbocycles. The molecule has 0 aliphatic rings. The highest BCUT2D eigenvalue weighted by atomic mass is 35.5. The van der Waals surface area contributed by atoms with Crippen LogP contribution in [-0.4, -0.2) is 11.7 Å². The van der Waals surface area contributed by atoms with Gasteiger partial charge in [-0.3, -0.25) is 0 Å². The van der Waals surface area contributed by atoms with Crippen LogP contribution in [0.3, 0.4) is 0 Å². The molecule has 0 spiro atoms. The summed E-state index contributed by atoms with van der Waals surface area (Å²) in [7, 11) is 0. The first-order chi connectivity index (χ1) is 9.61. The number of aromatic hydroxyl groups is 1. The summed E-state index contributed by atoms with van der Waals surface area (Å²) in [6.07, 6.45) is 0. The van der Waals surface area contributed by atoms with Gasteiger partial charge >= 0.3 is 0 Å². The third-order valence-electron chi connectivity index (χ3n) is 2.78. The highest BCUT2D eigenvalue weighted by molar-refractivity contribution is 6.33. The fourth-order valence-corrected chi connectivity index (χ4v) is 2.04. The molecular weight excluding hydrogens is 281 g/mol. The summed E-state index contributed by atoms with van der Waals surface area (Å²) in [5, 5.41) is 13.4. The average molecular weight is 296 g/mol. The van der Waals surface area contributed by atoms with Crippen LogP contribution < -0.4 is 10.1 Å². The standard InChI is InChI=1S/C15H15ClFNO2/c1-2-20-14-5-3-4-10(15(14)19)9-18-13-7-6-11(17)8-12(13)16/h3-8,18-19H,2,9H2,1H3. The quantitative estimate of drug-likeness (QED) is 0.869. The number of benzene rings is 2. The summed E-state index contributed by atoms with van der Waals surface area (Å²) < 4.78 is 18.3. The van der Waals surface area contributed by atoms with Crippen molar-refractivity contribution in [2.45, 2.75) is 13.5 Å². The van der Waals surface area contributed by atoms with Gasteiger partial charge in [0, 0.05) is 12.1 Å². The van der Waals surface area contributed by atoms with Crippen LogP contribution in [0.2, 0.25) is 5.02 Å². The molecule has 0 aromatic heterocycles. The third-order valence-corrected chi connectivity index (χ3v) is 3.10. The lowest BCUT2D eigenvalue weighted by Gasteiger charge is -2.12. The van der Waals surface area contributed by atoms with Gasteiger partial charge in [0.1, 0.15) is 5.82 Å². The monoisotopic (exact) mass is 295 g/mol. The Balaban J connectivity index is 2.12. The Morgan fingerprint density at radius 2 is 2.10 bits per heavy atom. The van der Waals surface area contributed by atoms with E-state index in [0.29, 0.717) is 35.2 Å². The van der Waals surface area contributed by atoms with E-state index in [0.717, 1.165) is 0 Å². The summed E-state index contributed by atoms with van der Waals surface area (Å²) >= 11 is 5.93. The predicted molar refractivity (Wildman–Crippen MR) is 78.0 cm³/mol. The van der Waals surface area contributed by atoms with E-state index in [4.69, 9.17) is 16.3 Å². The number of hydrogen-bond donors (Lipinski definition) is 2. The van der Waals surface area contributed by atoms with Crippen molar-refractivity contribution in [3.63, 3.8) is 0 Å². The van der Waals surface area contributed by atoms with Gasteiger partial charge in [-0.2, -0.15) is 0 Å². The van der Waals surface area contributed by atoms with Crippen LogP contribution in [-0.2, 0) is 6.54 Å². The minimum atomic E-state index is -0.387. The highest BCUT2D eigenvalue weighted by Crippen LogP contribution is 2.31. The van der Waals surface area contributed by atoms with Gasteiger partial charge in [-0.15, -0.1) is 0 Å². The second kappa shape index (κ2) is 6.48. The normalized spacial score (nSPS) is 10.3. The van der Waals surface area contributed by atoms with Crippen molar-refractivity contribution in [3.8, 4) is 11.5 Å². The van der Waals surface area contributed by atoms with Crippen molar-refractivity contribution < 1.29 is 14.2 Å². The molecule has 0 amide bonds. The Labute approximate surface area is 122 Å². The molecule has 20 heavy (non-hydrogen) atoms. The lowest BCUT2D eigenvalue weighted by molar-refractivity contribution is 0.317. The summed E-state index contributed by atoms with van der Waals surface area (Å²) in [5.41, 5.74) is 1.28. The smallest absolute Gasteiger partial charge is 0.162 e. The maximum Gasteiger partial charge on any atom is 0.162 e. The van der Waals surface area contributed by atoms with E-state index in [1.165, 1.54) is 12.1 Å². The zero-order valence-corrected chi connectivity index (χ0v) is 11.7. The molecule has 0 radical (unpaired) electrons. The molecule has 3 nitrogen and oxygen atoms in total. The van der Waals surface area contributed by atoms with Gasteiger partial charge in [0.2, 0.25) is 0 Å². The van der Waals surface area contributed by atoms with Gasteiger partial charge in [0.15, 0.2) is 11.5 Å². The van der Waals surface area contributed by atoms with E-state index < -0.39 is 0 Å². The minimum absolute atomic E-state index is 0.0973. The van der Waals surface area contributed by atoms with E-state index in [1.54, 1.807) is 24.3 Å². The SMILES string of the molecule is CCOc1cccc(CNc2ccc(F)cc2Cl)c1O. The lowest BCUT2D eigenvalue weighted by Crippen LogP contribution is -2.01. The molecule has 106 valence electrons. The van der Waals surface area contributed by atoms with E-state index in [-0.39, 0.29) is 11.6 Å². The molecule has 0 unspecified atom stereocenters. The van der Waals surface area contributed by atoms with Crippen LogP contribution in [0.25, 0.3) is 0 Å². The Morgan fingerprint density at radius 1 is 1.30 bits per heavy atom. The van der Waals surface area contributed by atoms with Crippen molar-refractivity contribution in [1.82, 2.24) is 0 Å². The second-order valence-corrected chi connectivity index (χ2v) is 4.58. The Hall–Kier alpha value is -1.94. The van der Waals surface area contributed by atoms with E-state index in [2.05, 4.69) is 5.32 Å². The number of rotatable bonds is 5. The third kappa shape index (κ3) is 3.33. The van der Waals surface area contributed by atoms with Gasteiger partial charge in [-0.1, -0.05) is 23.7 Å². The fraction of sp³-hybridized carbons (Fsp3) is 0.200. The highest BCUT2D eigenvalue weighted by Gasteiger charge is 2.08.